The van der Waals surface area contributed by atoms with Crippen LogP contribution in [0.1, 0.15) is 29.0 Å². The Bertz CT molecular complexity index is 650. The van der Waals surface area contributed by atoms with Crippen LogP contribution in [0, 0.1) is 0 Å². The third kappa shape index (κ3) is 2.77. The summed E-state index contributed by atoms with van der Waals surface area (Å²) < 4.78 is 5.35. The van der Waals surface area contributed by atoms with Gasteiger partial charge in [0.1, 0.15) is 5.75 Å². The SMILES string of the molecule is COc1ccc2c(c1)C(Cc1ccccc1)/C(=N/O)CC2. The van der Waals surface area contributed by atoms with Crippen LogP contribution in [0.5, 0.6) is 5.75 Å². The molecule has 0 radical (unpaired) electrons. The maximum Gasteiger partial charge on any atom is 0.119 e. The molecule has 0 fully saturated rings. The molecule has 3 nitrogen and oxygen atoms in total. The molecule has 0 aromatic heterocycles. The number of fused-ring (bicyclic) bond motifs is 1. The Kier molecular flexibility index (Phi) is 3.91. The number of methoxy groups -OCH3 is 1. The van der Waals surface area contributed by atoms with E-state index < -0.39 is 0 Å². The van der Waals surface area contributed by atoms with E-state index in [2.05, 4.69) is 29.4 Å². The molecule has 108 valence electrons. The van der Waals surface area contributed by atoms with E-state index in [1.807, 2.05) is 24.3 Å². The molecule has 1 aliphatic carbocycles. The van der Waals surface area contributed by atoms with E-state index in [1.165, 1.54) is 16.7 Å². The first-order valence-corrected chi connectivity index (χ1v) is 7.23. The van der Waals surface area contributed by atoms with Crippen LogP contribution < -0.4 is 4.74 Å². The quantitative estimate of drug-likeness (QED) is 0.687. The van der Waals surface area contributed by atoms with E-state index in [0.717, 1.165) is 30.7 Å². The Morgan fingerprint density at radius 2 is 1.95 bits per heavy atom. The molecule has 3 rings (SSSR count). The van der Waals surface area contributed by atoms with Gasteiger partial charge in [-0.25, -0.2) is 0 Å². The highest BCUT2D eigenvalue weighted by Crippen LogP contribution is 2.34. The van der Waals surface area contributed by atoms with E-state index in [9.17, 15) is 5.21 Å². The molecule has 0 heterocycles. The molecule has 0 saturated carbocycles. The lowest BCUT2D eigenvalue weighted by Crippen LogP contribution is -2.22. The predicted octanol–water partition coefficient (Wildman–Crippen LogP) is 3.80. The van der Waals surface area contributed by atoms with E-state index in [4.69, 9.17) is 4.74 Å². The molecular formula is C18H19NO2. The topological polar surface area (TPSA) is 41.8 Å². The van der Waals surface area contributed by atoms with Gasteiger partial charge >= 0.3 is 0 Å². The monoisotopic (exact) mass is 281 g/mol. The van der Waals surface area contributed by atoms with Gasteiger partial charge in [-0.05, 0) is 48.1 Å². The van der Waals surface area contributed by atoms with Crippen molar-refractivity contribution >= 4 is 5.71 Å². The fourth-order valence-corrected chi connectivity index (χ4v) is 3.07. The molecule has 1 unspecified atom stereocenters. The van der Waals surface area contributed by atoms with Gasteiger partial charge in [-0.1, -0.05) is 41.6 Å². The van der Waals surface area contributed by atoms with Gasteiger partial charge in [0.15, 0.2) is 0 Å². The van der Waals surface area contributed by atoms with Crippen LogP contribution >= 0.6 is 0 Å². The van der Waals surface area contributed by atoms with Crippen molar-refractivity contribution in [2.75, 3.05) is 7.11 Å². The zero-order chi connectivity index (χ0) is 14.7. The minimum absolute atomic E-state index is 0.122. The Morgan fingerprint density at radius 1 is 1.14 bits per heavy atom. The number of oxime groups is 1. The lowest BCUT2D eigenvalue weighted by molar-refractivity contribution is 0.314. The number of hydrogen-bond donors (Lipinski definition) is 1. The largest absolute Gasteiger partial charge is 0.497 e. The Labute approximate surface area is 124 Å². The number of hydrogen-bond acceptors (Lipinski definition) is 3. The first kappa shape index (κ1) is 13.7. The van der Waals surface area contributed by atoms with Crippen LogP contribution in [0.3, 0.4) is 0 Å². The summed E-state index contributed by atoms with van der Waals surface area (Å²) >= 11 is 0. The average molecular weight is 281 g/mol. The van der Waals surface area contributed by atoms with Gasteiger partial charge in [0, 0.05) is 5.92 Å². The van der Waals surface area contributed by atoms with Crippen LogP contribution in [0.2, 0.25) is 0 Å². The normalized spacial score (nSPS) is 19.3. The Balaban J connectivity index is 2.00. The number of nitrogens with zero attached hydrogens (tertiary/aromatic N) is 1. The summed E-state index contributed by atoms with van der Waals surface area (Å²) in [6.07, 6.45) is 2.58. The Morgan fingerprint density at radius 3 is 2.67 bits per heavy atom. The van der Waals surface area contributed by atoms with Gasteiger partial charge in [0.05, 0.1) is 12.8 Å². The summed E-state index contributed by atoms with van der Waals surface area (Å²) in [5.41, 5.74) is 4.65. The standard InChI is InChI=1S/C18H19NO2/c1-21-15-9-7-14-8-10-18(19-20)17(16(14)12-15)11-13-5-3-2-4-6-13/h2-7,9,12,17,20H,8,10-11H2,1H3/b19-18+. The smallest absolute Gasteiger partial charge is 0.119 e. The van der Waals surface area contributed by atoms with Crippen LogP contribution in [-0.4, -0.2) is 18.0 Å². The minimum atomic E-state index is 0.122. The molecule has 3 heteroatoms. The second-order valence-electron chi connectivity index (χ2n) is 5.40. The molecule has 1 aliphatic rings. The van der Waals surface area contributed by atoms with E-state index in [0.29, 0.717) is 0 Å². The van der Waals surface area contributed by atoms with Crippen LogP contribution in [-0.2, 0) is 12.8 Å². The van der Waals surface area contributed by atoms with Crippen LogP contribution in [0.15, 0.2) is 53.7 Å². The third-order valence-corrected chi connectivity index (χ3v) is 4.19. The molecule has 0 spiro atoms. The van der Waals surface area contributed by atoms with Crippen molar-refractivity contribution in [2.24, 2.45) is 5.16 Å². The molecule has 0 saturated heterocycles. The van der Waals surface area contributed by atoms with E-state index >= 15 is 0 Å². The number of benzene rings is 2. The fourth-order valence-electron chi connectivity index (χ4n) is 3.07. The first-order valence-electron chi connectivity index (χ1n) is 7.23. The summed E-state index contributed by atoms with van der Waals surface area (Å²) in [6, 6.07) is 16.5. The van der Waals surface area contributed by atoms with Crippen molar-refractivity contribution in [1.29, 1.82) is 0 Å². The van der Waals surface area contributed by atoms with Gasteiger partial charge in [-0.15, -0.1) is 0 Å². The summed E-state index contributed by atoms with van der Waals surface area (Å²) in [5.74, 6) is 0.974. The van der Waals surface area contributed by atoms with Gasteiger partial charge in [0.25, 0.3) is 0 Å². The zero-order valence-electron chi connectivity index (χ0n) is 12.1. The van der Waals surface area contributed by atoms with Crippen molar-refractivity contribution < 1.29 is 9.94 Å². The lowest BCUT2D eigenvalue weighted by Gasteiger charge is -2.27. The molecule has 2 aromatic rings. The average Bonchev–Trinajstić information content (AvgIpc) is 2.55. The molecule has 0 amide bonds. The first-order chi connectivity index (χ1) is 10.3. The highest BCUT2D eigenvalue weighted by molar-refractivity contribution is 5.93. The second kappa shape index (κ2) is 6.00. The van der Waals surface area contributed by atoms with Gasteiger partial charge in [-0.3, -0.25) is 0 Å². The van der Waals surface area contributed by atoms with E-state index in [1.54, 1.807) is 7.11 Å². The predicted molar refractivity (Wildman–Crippen MR) is 83.4 cm³/mol. The van der Waals surface area contributed by atoms with E-state index in [-0.39, 0.29) is 5.92 Å². The third-order valence-electron chi connectivity index (χ3n) is 4.19. The molecule has 21 heavy (non-hydrogen) atoms. The van der Waals surface area contributed by atoms with Crippen molar-refractivity contribution in [3.8, 4) is 5.75 Å². The molecular weight excluding hydrogens is 262 g/mol. The second-order valence-corrected chi connectivity index (χ2v) is 5.40. The minimum Gasteiger partial charge on any atom is -0.497 e. The highest BCUT2D eigenvalue weighted by atomic mass is 16.5. The van der Waals surface area contributed by atoms with Gasteiger partial charge in [-0.2, -0.15) is 0 Å². The highest BCUT2D eigenvalue weighted by Gasteiger charge is 2.27. The molecule has 1 N–H and O–H groups in total. The summed E-state index contributed by atoms with van der Waals surface area (Å²) in [7, 11) is 1.68. The van der Waals surface area contributed by atoms with Gasteiger partial charge in [0.2, 0.25) is 0 Å². The van der Waals surface area contributed by atoms with Crippen molar-refractivity contribution in [3.05, 3.63) is 65.2 Å². The van der Waals surface area contributed by atoms with Crippen molar-refractivity contribution in [2.45, 2.75) is 25.2 Å². The number of aryl methyl sites for hydroxylation is 1. The lowest BCUT2D eigenvalue weighted by atomic mass is 9.78. The zero-order valence-corrected chi connectivity index (χ0v) is 12.1. The number of rotatable bonds is 3. The molecule has 1 atom stereocenters. The van der Waals surface area contributed by atoms with Crippen molar-refractivity contribution in [3.63, 3.8) is 0 Å². The maximum absolute atomic E-state index is 9.35. The molecule has 0 aliphatic heterocycles. The van der Waals surface area contributed by atoms with Gasteiger partial charge < -0.3 is 9.94 Å². The summed E-state index contributed by atoms with van der Waals surface area (Å²) in [4.78, 5) is 0. The van der Waals surface area contributed by atoms with Crippen LogP contribution in [0.25, 0.3) is 0 Å². The summed E-state index contributed by atoms with van der Waals surface area (Å²) in [5, 5.41) is 12.9. The Hall–Kier alpha value is -2.29. The maximum atomic E-state index is 9.35. The van der Waals surface area contributed by atoms with Crippen molar-refractivity contribution in [1.82, 2.24) is 0 Å². The summed E-state index contributed by atoms with van der Waals surface area (Å²) in [6.45, 7) is 0. The fraction of sp³-hybridized carbons (Fsp3) is 0.278. The molecule has 0 bridgehead atoms. The molecule has 2 aromatic carbocycles. The van der Waals surface area contributed by atoms with Crippen LogP contribution in [0.4, 0.5) is 0 Å². The number of ether oxygens (including phenoxy) is 1.